The van der Waals surface area contributed by atoms with Crippen LogP contribution in [0.2, 0.25) is 0 Å². The van der Waals surface area contributed by atoms with Crippen molar-refractivity contribution in [3.8, 4) is 0 Å². The molecular formula is C15H23F2N3. The topological polar surface area (TPSA) is 18.5 Å². The molecule has 0 aliphatic carbocycles. The molecule has 0 radical (unpaired) electrons. The van der Waals surface area contributed by atoms with Crippen LogP contribution in [0.4, 0.5) is 8.78 Å². The monoisotopic (exact) mass is 283 g/mol. The van der Waals surface area contributed by atoms with Crippen molar-refractivity contribution >= 4 is 0 Å². The fourth-order valence-electron chi connectivity index (χ4n) is 2.97. The van der Waals surface area contributed by atoms with Crippen molar-refractivity contribution in [3.05, 3.63) is 35.4 Å². The first-order valence-corrected chi connectivity index (χ1v) is 7.04. The van der Waals surface area contributed by atoms with Crippen molar-refractivity contribution in [2.45, 2.75) is 18.5 Å². The molecule has 1 fully saturated rings. The summed E-state index contributed by atoms with van der Waals surface area (Å²) in [6, 6.07) is 3.84. The van der Waals surface area contributed by atoms with Crippen molar-refractivity contribution in [2.75, 3.05) is 40.8 Å². The molecule has 1 aromatic rings. The number of likely N-dealkylation sites (N-methyl/N-ethyl adjacent to an activating group) is 3. The Morgan fingerprint density at radius 1 is 1.25 bits per heavy atom. The minimum Gasteiger partial charge on any atom is -0.312 e. The summed E-state index contributed by atoms with van der Waals surface area (Å²) in [6.07, 6.45) is 1.10. The highest BCUT2D eigenvalue weighted by molar-refractivity contribution is 5.24. The van der Waals surface area contributed by atoms with E-state index < -0.39 is 11.6 Å². The minimum absolute atomic E-state index is 0.152. The smallest absolute Gasteiger partial charge is 0.130 e. The molecule has 1 saturated heterocycles. The molecule has 20 heavy (non-hydrogen) atoms. The van der Waals surface area contributed by atoms with E-state index in [0.717, 1.165) is 32.1 Å². The molecule has 0 amide bonds. The van der Waals surface area contributed by atoms with E-state index in [4.69, 9.17) is 0 Å². The fraction of sp³-hybridized carbons (Fsp3) is 0.600. The fourth-order valence-corrected chi connectivity index (χ4v) is 2.97. The van der Waals surface area contributed by atoms with Gasteiger partial charge < -0.3 is 15.1 Å². The van der Waals surface area contributed by atoms with Gasteiger partial charge >= 0.3 is 0 Å². The molecule has 0 spiro atoms. The van der Waals surface area contributed by atoms with Gasteiger partial charge in [-0.15, -0.1) is 0 Å². The first-order valence-electron chi connectivity index (χ1n) is 7.04. The Hall–Kier alpha value is -1.04. The molecule has 0 aromatic heterocycles. The van der Waals surface area contributed by atoms with Crippen LogP contribution in [-0.2, 0) is 0 Å². The molecular weight excluding hydrogens is 260 g/mol. The lowest BCUT2D eigenvalue weighted by Crippen LogP contribution is -2.46. The molecule has 1 aliphatic heterocycles. The number of nitrogens with zero attached hydrogens (tertiary/aromatic N) is 2. The lowest BCUT2D eigenvalue weighted by atomic mass is 9.97. The van der Waals surface area contributed by atoms with Crippen LogP contribution in [-0.4, -0.2) is 56.6 Å². The number of hydrogen-bond donors (Lipinski definition) is 1. The van der Waals surface area contributed by atoms with E-state index in [2.05, 4.69) is 29.2 Å². The van der Waals surface area contributed by atoms with E-state index in [1.807, 2.05) is 7.05 Å². The van der Waals surface area contributed by atoms with Crippen LogP contribution in [0.3, 0.4) is 0 Å². The van der Waals surface area contributed by atoms with E-state index in [-0.39, 0.29) is 12.1 Å². The zero-order valence-electron chi connectivity index (χ0n) is 12.4. The highest BCUT2D eigenvalue weighted by atomic mass is 19.1. The van der Waals surface area contributed by atoms with Gasteiger partial charge in [0.2, 0.25) is 0 Å². The minimum atomic E-state index is -0.535. The second-order valence-electron chi connectivity index (χ2n) is 5.60. The zero-order chi connectivity index (χ0) is 14.7. The summed E-state index contributed by atoms with van der Waals surface area (Å²) < 4.78 is 27.1. The SMILES string of the molecule is CNC(c1ccc(F)cc1F)C1CN(C)CCCN1C. The first kappa shape index (κ1) is 15.4. The predicted octanol–water partition coefficient (Wildman–Crippen LogP) is 1.86. The Morgan fingerprint density at radius 2 is 2.00 bits per heavy atom. The summed E-state index contributed by atoms with van der Waals surface area (Å²) in [6.45, 7) is 2.89. The molecule has 112 valence electrons. The van der Waals surface area contributed by atoms with Crippen LogP contribution in [0.5, 0.6) is 0 Å². The third-order valence-corrected chi connectivity index (χ3v) is 4.11. The van der Waals surface area contributed by atoms with Gasteiger partial charge in [0.25, 0.3) is 0 Å². The van der Waals surface area contributed by atoms with Crippen LogP contribution in [0.25, 0.3) is 0 Å². The quantitative estimate of drug-likeness (QED) is 0.913. The molecule has 1 N–H and O–H groups in total. The van der Waals surface area contributed by atoms with Crippen LogP contribution >= 0.6 is 0 Å². The standard InChI is InChI=1S/C15H23F2N3/c1-18-15(12-6-5-11(16)9-13(12)17)14-10-19(2)7-4-8-20(14)3/h5-6,9,14-15,18H,4,7-8,10H2,1-3H3. The molecule has 2 unspecified atom stereocenters. The van der Waals surface area contributed by atoms with Gasteiger partial charge in [-0.1, -0.05) is 6.07 Å². The Labute approximate surface area is 119 Å². The van der Waals surface area contributed by atoms with Gasteiger partial charge in [0, 0.05) is 24.2 Å². The van der Waals surface area contributed by atoms with E-state index in [9.17, 15) is 8.78 Å². The number of halogens is 2. The van der Waals surface area contributed by atoms with Crippen molar-refractivity contribution in [1.29, 1.82) is 0 Å². The summed E-state index contributed by atoms with van der Waals surface area (Å²) in [7, 11) is 5.97. The number of nitrogens with one attached hydrogen (secondary N) is 1. The summed E-state index contributed by atoms with van der Waals surface area (Å²) >= 11 is 0. The highest BCUT2D eigenvalue weighted by Gasteiger charge is 2.30. The average molecular weight is 283 g/mol. The van der Waals surface area contributed by atoms with Gasteiger partial charge in [0.05, 0.1) is 6.04 Å². The maximum absolute atomic E-state index is 14.1. The Kier molecular flexibility index (Phi) is 5.07. The normalized spacial score (nSPS) is 23.6. The molecule has 5 heteroatoms. The first-order chi connectivity index (χ1) is 9.52. The van der Waals surface area contributed by atoms with Crippen molar-refractivity contribution in [2.24, 2.45) is 0 Å². The van der Waals surface area contributed by atoms with E-state index >= 15 is 0 Å². The number of benzene rings is 1. The summed E-state index contributed by atoms with van der Waals surface area (Å²) in [4.78, 5) is 4.52. The lowest BCUT2D eigenvalue weighted by Gasteiger charge is -2.34. The van der Waals surface area contributed by atoms with E-state index in [0.29, 0.717) is 5.56 Å². The molecule has 2 atom stereocenters. The van der Waals surface area contributed by atoms with Crippen LogP contribution in [0, 0.1) is 11.6 Å². The molecule has 1 aliphatic rings. The lowest BCUT2D eigenvalue weighted by molar-refractivity contribution is 0.180. The van der Waals surface area contributed by atoms with Crippen molar-refractivity contribution in [1.82, 2.24) is 15.1 Å². The third-order valence-electron chi connectivity index (χ3n) is 4.11. The Bertz CT molecular complexity index is 453. The van der Waals surface area contributed by atoms with Gasteiger partial charge in [-0.25, -0.2) is 8.78 Å². The molecule has 1 aromatic carbocycles. The van der Waals surface area contributed by atoms with Gasteiger partial charge in [-0.3, -0.25) is 0 Å². The van der Waals surface area contributed by atoms with Gasteiger partial charge in [-0.05, 0) is 46.7 Å². The summed E-state index contributed by atoms with van der Waals surface area (Å²) in [5, 5.41) is 3.20. The molecule has 0 saturated carbocycles. The van der Waals surface area contributed by atoms with Crippen molar-refractivity contribution < 1.29 is 8.78 Å². The van der Waals surface area contributed by atoms with E-state index in [1.165, 1.54) is 6.07 Å². The van der Waals surface area contributed by atoms with Gasteiger partial charge in [0.15, 0.2) is 0 Å². The van der Waals surface area contributed by atoms with Crippen LogP contribution in [0.15, 0.2) is 18.2 Å². The molecule has 3 nitrogen and oxygen atoms in total. The Balaban J connectivity index is 2.29. The van der Waals surface area contributed by atoms with Crippen LogP contribution in [0.1, 0.15) is 18.0 Å². The second kappa shape index (κ2) is 6.61. The Morgan fingerprint density at radius 3 is 2.65 bits per heavy atom. The van der Waals surface area contributed by atoms with E-state index in [1.54, 1.807) is 6.07 Å². The number of hydrogen-bond acceptors (Lipinski definition) is 3. The highest BCUT2D eigenvalue weighted by Crippen LogP contribution is 2.25. The third kappa shape index (κ3) is 3.34. The second-order valence-corrected chi connectivity index (χ2v) is 5.60. The van der Waals surface area contributed by atoms with Gasteiger partial charge in [-0.2, -0.15) is 0 Å². The summed E-state index contributed by atoms with van der Waals surface area (Å²) in [5.41, 5.74) is 0.529. The average Bonchev–Trinajstić information content (AvgIpc) is 2.55. The predicted molar refractivity (Wildman–Crippen MR) is 76.7 cm³/mol. The molecule has 2 rings (SSSR count). The molecule has 1 heterocycles. The zero-order valence-corrected chi connectivity index (χ0v) is 12.4. The summed E-state index contributed by atoms with van der Waals surface area (Å²) in [5.74, 6) is -1.02. The largest absolute Gasteiger partial charge is 0.312 e. The van der Waals surface area contributed by atoms with Gasteiger partial charge in [0.1, 0.15) is 11.6 Å². The maximum Gasteiger partial charge on any atom is 0.130 e. The van der Waals surface area contributed by atoms with Crippen molar-refractivity contribution in [3.63, 3.8) is 0 Å². The maximum atomic E-state index is 14.1. The number of rotatable bonds is 3. The van der Waals surface area contributed by atoms with Crippen LogP contribution < -0.4 is 5.32 Å². The molecule has 0 bridgehead atoms.